The molecule has 1 heterocycles. The standard InChI is InChI=1S/C19H17IN2O/c1-13-11-15(12-21-18-5-3-4-6-19(18)23)14(2)22(13)17-9-7-16(20)8-10-17/h3-12,23H,1-2H3. The van der Waals surface area contributed by atoms with Crippen molar-refractivity contribution in [3.63, 3.8) is 0 Å². The highest BCUT2D eigenvalue weighted by Gasteiger charge is 2.09. The van der Waals surface area contributed by atoms with Crippen LogP contribution >= 0.6 is 22.6 Å². The number of halogens is 1. The summed E-state index contributed by atoms with van der Waals surface area (Å²) < 4.78 is 3.43. The minimum atomic E-state index is 0.190. The predicted molar refractivity (Wildman–Crippen MR) is 103 cm³/mol. The van der Waals surface area contributed by atoms with E-state index < -0.39 is 0 Å². The number of aliphatic imine (C=N–C) groups is 1. The van der Waals surface area contributed by atoms with Crippen LogP contribution in [-0.2, 0) is 0 Å². The number of aromatic hydroxyl groups is 1. The lowest BCUT2D eigenvalue weighted by Gasteiger charge is -2.09. The molecule has 1 N–H and O–H groups in total. The van der Waals surface area contributed by atoms with Gasteiger partial charge in [-0.25, -0.2) is 0 Å². The van der Waals surface area contributed by atoms with Crippen LogP contribution in [0.3, 0.4) is 0 Å². The Kier molecular flexibility index (Phi) is 4.52. The van der Waals surface area contributed by atoms with Gasteiger partial charge in [0, 0.05) is 32.4 Å². The van der Waals surface area contributed by atoms with Gasteiger partial charge in [-0.15, -0.1) is 0 Å². The number of para-hydroxylation sites is 2. The summed E-state index contributed by atoms with van der Waals surface area (Å²) in [5, 5.41) is 9.80. The number of phenols is 1. The molecule has 0 spiro atoms. The van der Waals surface area contributed by atoms with Crippen molar-refractivity contribution >= 4 is 34.5 Å². The van der Waals surface area contributed by atoms with E-state index in [2.05, 4.69) is 76.3 Å². The SMILES string of the molecule is Cc1cc(C=Nc2ccccc2O)c(C)n1-c1ccc(I)cc1. The second-order valence-corrected chi connectivity index (χ2v) is 6.63. The molecule has 0 bridgehead atoms. The number of aryl methyl sites for hydroxylation is 1. The van der Waals surface area contributed by atoms with E-state index in [1.807, 2.05) is 6.07 Å². The summed E-state index contributed by atoms with van der Waals surface area (Å²) in [7, 11) is 0. The maximum absolute atomic E-state index is 9.80. The maximum atomic E-state index is 9.80. The molecule has 3 nitrogen and oxygen atoms in total. The van der Waals surface area contributed by atoms with Crippen LogP contribution < -0.4 is 0 Å². The molecule has 0 radical (unpaired) electrons. The van der Waals surface area contributed by atoms with Crippen molar-refractivity contribution in [1.29, 1.82) is 0 Å². The van der Waals surface area contributed by atoms with Crippen LogP contribution in [0.15, 0.2) is 59.6 Å². The third-order valence-corrected chi connectivity index (χ3v) is 4.50. The molecule has 0 atom stereocenters. The summed E-state index contributed by atoms with van der Waals surface area (Å²) in [5.41, 5.74) is 5.05. The highest BCUT2D eigenvalue weighted by Crippen LogP contribution is 2.26. The highest BCUT2D eigenvalue weighted by molar-refractivity contribution is 14.1. The quantitative estimate of drug-likeness (QED) is 0.465. The van der Waals surface area contributed by atoms with Crippen molar-refractivity contribution in [2.24, 2.45) is 4.99 Å². The molecular formula is C19H17IN2O. The zero-order valence-corrected chi connectivity index (χ0v) is 15.2. The second kappa shape index (κ2) is 6.58. The van der Waals surface area contributed by atoms with E-state index in [0.29, 0.717) is 5.69 Å². The van der Waals surface area contributed by atoms with Gasteiger partial charge in [0.25, 0.3) is 0 Å². The monoisotopic (exact) mass is 416 g/mol. The number of phenolic OH excluding ortho intramolecular Hbond substituents is 1. The molecule has 4 heteroatoms. The Morgan fingerprint density at radius 2 is 1.74 bits per heavy atom. The van der Waals surface area contributed by atoms with Gasteiger partial charge in [-0.05, 0) is 78.9 Å². The van der Waals surface area contributed by atoms with Crippen LogP contribution in [-0.4, -0.2) is 15.9 Å². The summed E-state index contributed by atoms with van der Waals surface area (Å²) in [6.07, 6.45) is 1.81. The fraction of sp³-hybridized carbons (Fsp3) is 0.105. The number of nitrogens with zero attached hydrogens (tertiary/aromatic N) is 2. The molecule has 0 aliphatic heterocycles. The first kappa shape index (κ1) is 15.8. The van der Waals surface area contributed by atoms with Crippen LogP contribution in [0.1, 0.15) is 17.0 Å². The molecule has 0 saturated carbocycles. The van der Waals surface area contributed by atoms with Crippen molar-refractivity contribution in [2.45, 2.75) is 13.8 Å². The zero-order valence-electron chi connectivity index (χ0n) is 13.0. The smallest absolute Gasteiger partial charge is 0.141 e. The summed E-state index contributed by atoms with van der Waals surface area (Å²) in [5.74, 6) is 0.190. The average Bonchev–Trinajstić information content (AvgIpc) is 2.82. The van der Waals surface area contributed by atoms with Crippen molar-refractivity contribution < 1.29 is 5.11 Å². The largest absolute Gasteiger partial charge is 0.506 e. The van der Waals surface area contributed by atoms with Gasteiger partial charge < -0.3 is 9.67 Å². The first-order valence-corrected chi connectivity index (χ1v) is 8.41. The Labute approximate surface area is 149 Å². The summed E-state index contributed by atoms with van der Waals surface area (Å²) in [6, 6.07) is 17.6. The van der Waals surface area contributed by atoms with Crippen molar-refractivity contribution in [3.8, 4) is 11.4 Å². The Morgan fingerprint density at radius 1 is 1.04 bits per heavy atom. The predicted octanol–water partition coefficient (Wildman–Crippen LogP) is 5.15. The second-order valence-electron chi connectivity index (χ2n) is 5.39. The van der Waals surface area contributed by atoms with Gasteiger partial charge in [0.15, 0.2) is 0 Å². The number of benzene rings is 2. The van der Waals surface area contributed by atoms with Crippen LogP contribution in [0.2, 0.25) is 0 Å². The van der Waals surface area contributed by atoms with Gasteiger partial charge in [0.05, 0.1) is 0 Å². The molecular weight excluding hydrogens is 399 g/mol. The van der Waals surface area contributed by atoms with Crippen LogP contribution in [0, 0.1) is 17.4 Å². The molecule has 0 saturated heterocycles. The summed E-state index contributed by atoms with van der Waals surface area (Å²) in [4.78, 5) is 4.41. The van der Waals surface area contributed by atoms with Crippen LogP contribution in [0.5, 0.6) is 5.75 Å². The van der Waals surface area contributed by atoms with Crippen molar-refractivity contribution in [3.05, 3.63) is 75.1 Å². The van der Waals surface area contributed by atoms with Crippen LogP contribution in [0.25, 0.3) is 5.69 Å². The van der Waals surface area contributed by atoms with E-state index in [1.165, 1.54) is 3.57 Å². The Morgan fingerprint density at radius 3 is 2.43 bits per heavy atom. The lowest BCUT2D eigenvalue weighted by Crippen LogP contribution is -1.99. The van der Waals surface area contributed by atoms with Gasteiger partial charge in [-0.1, -0.05) is 12.1 Å². The topological polar surface area (TPSA) is 37.5 Å². The van der Waals surface area contributed by atoms with Gasteiger partial charge in [0.1, 0.15) is 11.4 Å². The summed E-state index contributed by atoms with van der Waals surface area (Å²) >= 11 is 2.31. The third-order valence-electron chi connectivity index (χ3n) is 3.78. The Balaban J connectivity index is 1.98. The molecule has 0 fully saturated rings. The molecule has 0 aliphatic carbocycles. The fourth-order valence-electron chi connectivity index (χ4n) is 2.62. The molecule has 0 unspecified atom stereocenters. The number of hydrogen-bond acceptors (Lipinski definition) is 2. The first-order valence-electron chi connectivity index (χ1n) is 7.33. The average molecular weight is 416 g/mol. The lowest BCUT2D eigenvalue weighted by molar-refractivity contribution is 0.477. The minimum absolute atomic E-state index is 0.190. The van der Waals surface area contributed by atoms with Gasteiger partial charge in [-0.2, -0.15) is 0 Å². The third kappa shape index (κ3) is 3.32. The molecule has 23 heavy (non-hydrogen) atoms. The molecule has 116 valence electrons. The fourth-order valence-corrected chi connectivity index (χ4v) is 2.98. The molecule has 0 amide bonds. The Bertz CT molecular complexity index is 864. The normalized spacial score (nSPS) is 11.3. The Hall–Kier alpha value is -2.08. The van der Waals surface area contributed by atoms with E-state index in [9.17, 15) is 5.11 Å². The van der Waals surface area contributed by atoms with Gasteiger partial charge in [0.2, 0.25) is 0 Å². The number of hydrogen-bond donors (Lipinski definition) is 1. The van der Waals surface area contributed by atoms with Crippen molar-refractivity contribution in [1.82, 2.24) is 4.57 Å². The van der Waals surface area contributed by atoms with E-state index in [0.717, 1.165) is 22.6 Å². The molecule has 0 aliphatic rings. The molecule has 3 rings (SSSR count). The minimum Gasteiger partial charge on any atom is -0.506 e. The highest BCUT2D eigenvalue weighted by atomic mass is 127. The van der Waals surface area contributed by atoms with E-state index in [1.54, 1.807) is 24.4 Å². The summed E-state index contributed by atoms with van der Waals surface area (Å²) in [6.45, 7) is 4.17. The lowest BCUT2D eigenvalue weighted by atomic mass is 10.2. The molecule has 3 aromatic rings. The van der Waals surface area contributed by atoms with Crippen molar-refractivity contribution in [2.75, 3.05) is 0 Å². The van der Waals surface area contributed by atoms with Gasteiger partial charge >= 0.3 is 0 Å². The molecule has 1 aromatic heterocycles. The van der Waals surface area contributed by atoms with E-state index in [-0.39, 0.29) is 5.75 Å². The maximum Gasteiger partial charge on any atom is 0.141 e. The van der Waals surface area contributed by atoms with Crippen LogP contribution in [0.4, 0.5) is 5.69 Å². The number of aromatic nitrogens is 1. The van der Waals surface area contributed by atoms with E-state index in [4.69, 9.17) is 0 Å². The van der Waals surface area contributed by atoms with E-state index >= 15 is 0 Å². The van der Waals surface area contributed by atoms with Gasteiger partial charge in [-0.3, -0.25) is 4.99 Å². The molecule has 2 aromatic carbocycles. The number of rotatable bonds is 3. The zero-order chi connectivity index (χ0) is 16.4. The first-order chi connectivity index (χ1) is 11.1.